The van der Waals surface area contributed by atoms with E-state index in [-0.39, 0.29) is 17.8 Å². The van der Waals surface area contributed by atoms with Crippen LogP contribution in [0.5, 0.6) is 0 Å². The van der Waals surface area contributed by atoms with Gasteiger partial charge in [-0.2, -0.15) is 0 Å². The third-order valence-corrected chi connectivity index (χ3v) is 3.02. The van der Waals surface area contributed by atoms with Crippen molar-refractivity contribution >= 4 is 21.8 Å². The average Bonchev–Trinajstić information content (AvgIpc) is 2.40. The lowest BCUT2D eigenvalue weighted by atomic mass is 10.1. The van der Waals surface area contributed by atoms with Crippen molar-refractivity contribution in [2.24, 2.45) is 0 Å². The number of aromatic nitrogens is 2. The number of nitrogens with zero attached hydrogens (tertiary/aromatic N) is 2. The normalized spacial score (nSPS) is 11.9. The van der Waals surface area contributed by atoms with Crippen LogP contribution in [0.1, 0.15) is 29.1 Å². The molecule has 0 radical (unpaired) electrons. The summed E-state index contributed by atoms with van der Waals surface area (Å²) in [5.41, 5.74) is 1.03. The maximum Gasteiger partial charge on any atom is 0.289 e. The Labute approximate surface area is 114 Å². The number of rotatable bonds is 3. The smallest absolute Gasteiger partial charge is 0.289 e. The molecule has 0 saturated carbocycles. The number of amides is 1. The molecule has 92 valence electrons. The fraction of sp³-hybridized carbons (Fsp3) is 0.154. The van der Waals surface area contributed by atoms with E-state index in [4.69, 9.17) is 0 Å². The minimum absolute atomic E-state index is 0.0885. The molecular weight excluding hydrogens is 294 g/mol. The lowest BCUT2D eigenvalue weighted by Gasteiger charge is -2.13. The van der Waals surface area contributed by atoms with Crippen molar-refractivity contribution in [3.8, 4) is 0 Å². The van der Waals surface area contributed by atoms with E-state index in [0.717, 1.165) is 10.0 Å². The lowest BCUT2D eigenvalue weighted by molar-refractivity contribution is 0.0929. The molecule has 0 spiro atoms. The van der Waals surface area contributed by atoms with Gasteiger partial charge in [0.1, 0.15) is 0 Å². The Bertz CT molecular complexity index is 528. The van der Waals surface area contributed by atoms with Crippen molar-refractivity contribution in [2.75, 3.05) is 0 Å². The minimum Gasteiger partial charge on any atom is -0.343 e. The standard InChI is InChI=1S/C13H12BrN3O/c1-9(10-3-5-11(14)6-4-10)17-13(18)12-15-7-2-8-16-12/h2-9H,1H3,(H,17,18). The summed E-state index contributed by atoms with van der Waals surface area (Å²) in [7, 11) is 0. The van der Waals surface area contributed by atoms with Crippen LogP contribution >= 0.6 is 15.9 Å². The van der Waals surface area contributed by atoms with E-state index in [1.54, 1.807) is 18.5 Å². The number of benzene rings is 1. The van der Waals surface area contributed by atoms with E-state index in [0.29, 0.717) is 0 Å². The van der Waals surface area contributed by atoms with Gasteiger partial charge in [0.15, 0.2) is 0 Å². The molecule has 2 rings (SSSR count). The number of carbonyl (C=O) groups is 1. The van der Waals surface area contributed by atoms with E-state index in [9.17, 15) is 4.79 Å². The van der Waals surface area contributed by atoms with Gasteiger partial charge in [-0.05, 0) is 30.7 Å². The Kier molecular flexibility index (Phi) is 4.04. The van der Waals surface area contributed by atoms with E-state index < -0.39 is 0 Å². The lowest BCUT2D eigenvalue weighted by Crippen LogP contribution is -2.28. The highest BCUT2D eigenvalue weighted by Gasteiger charge is 2.12. The maximum atomic E-state index is 11.8. The summed E-state index contributed by atoms with van der Waals surface area (Å²) < 4.78 is 1.01. The predicted octanol–water partition coefficient (Wildman–Crippen LogP) is 2.73. The number of carbonyl (C=O) groups excluding carboxylic acids is 1. The Morgan fingerprint density at radius 2 is 1.83 bits per heavy atom. The second-order valence-corrected chi connectivity index (χ2v) is 4.73. The van der Waals surface area contributed by atoms with Crippen LogP contribution in [0.3, 0.4) is 0 Å². The van der Waals surface area contributed by atoms with Crippen LogP contribution in [0, 0.1) is 0 Å². The first-order valence-corrected chi connectivity index (χ1v) is 6.29. The number of hydrogen-bond acceptors (Lipinski definition) is 3. The molecule has 1 N–H and O–H groups in total. The molecule has 4 nitrogen and oxygen atoms in total. The predicted molar refractivity (Wildman–Crippen MR) is 72.1 cm³/mol. The number of halogens is 1. The van der Waals surface area contributed by atoms with Crippen LogP contribution in [0.15, 0.2) is 47.2 Å². The zero-order valence-corrected chi connectivity index (χ0v) is 11.4. The summed E-state index contributed by atoms with van der Waals surface area (Å²) in [5, 5.41) is 2.85. The molecule has 2 aromatic rings. The van der Waals surface area contributed by atoms with Crippen molar-refractivity contribution in [3.63, 3.8) is 0 Å². The summed E-state index contributed by atoms with van der Waals surface area (Å²) in [5.74, 6) is -0.0903. The Hall–Kier alpha value is -1.75. The molecule has 0 saturated heterocycles. The molecule has 1 unspecified atom stereocenters. The second-order valence-electron chi connectivity index (χ2n) is 3.82. The molecule has 0 fully saturated rings. The molecule has 1 heterocycles. The largest absolute Gasteiger partial charge is 0.343 e. The van der Waals surface area contributed by atoms with Crippen LogP contribution in [-0.2, 0) is 0 Å². The van der Waals surface area contributed by atoms with Gasteiger partial charge in [0.2, 0.25) is 5.82 Å². The molecule has 5 heteroatoms. The van der Waals surface area contributed by atoms with Crippen molar-refractivity contribution in [2.45, 2.75) is 13.0 Å². The third-order valence-electron chi connectivity index (χ3n) is 2.49. The highest BCUT2D eigenvalue weighted by Crippen LogP contribution is 2.16. The summed E-state index contributed by atoms with van der Waals surface area (Å²) in [6.07, 6.45) is 3.10. The minimum atomic E-state index is -0.272. The Balaban J connectivity index is 2.06. The molecule has 0 aliphatic rings. The Morgan fingerprint density at radius 3 is 2.44 bits per heavy atom. The highest BCUT2D eigenvalue weighted by atomic mass is 79.9. The van der Waals surface area contributed by atoms with Crippen LogP contribution in [-0.4, -0.2) is 15.9 Å². The van der Waals surface area contributed by atoms with Crippen molar-refractivity contribution in [1.82, 2.24) is 15.3 Å². The van der Waals surface area contributed by atoms with Gasteiger partial charge >= 0.3 is 0 Å². The zero-order chi connectivity index (χ0) is 13.0. The summed E-state index contributed by atoms with van der Waals surface area (Å²) in [4.78, 5) is 19.7. The maximum absolute atomic E-state index is 11.8. The van der Waals surface area contributed by atoms with Gasteiger partial charge in [-0.1, -0.05) is 28.1 Å². The first-order chi connectivity index (χ1) is 8.66. The number of hydrogen-bond donors (Lipinski definition) is 1. The van der Waals surface area contributed by atoms with Gasteiger partial charge in [0.25, 0.3) is 5.91 Å². The van der Waals surface area contributed by atoms with E-state index >= 15 is 0 Å². The zero-order valence-electron chi connectivity index (χ0n) is 9.80. The van der Waals surface area contributed by atoms with Crippen molar-refractivity contribution in [3.05, 3.63) is 58.6 Å². The SMILES string of the molecule is CC(NC(=O)c1ncccn1)c1ccc(Br)cc1. The molecular formula is C13H12BrN3O. The Morgan fingerprint density at radius 1 is 1.22 bits per heavy atom. The molecule has 1 atom stereocenters. The summed E-state index contributed by atoms with van der Waals surface area (Å²) in [6.45, 7) is 1.92. The number of nitrogens with one attached hydrogen (secondary N) is 1. The molecule has 1 aromatic carbocycles. The van der Waals surface area contributed by atoms with E-state index in [1.807, 2.05) is 31.2 Å². The van der Waals surface area contributed by atoms with Gasteiger partial charge in [-0.3, -0.25) is 4.79 Å². The van der Waals surface area contributed by atoms with Gasteiger partial charge in [0.05, 0.1) is 6.04 Å². The molecule has 0 aliphatic heterocycles. The monoisotopic (exact) mass is 305 g/mol. The van der Waals surface area contributed by atoms with Gasteiger partial charge < -0.3 is 5.32 Å². The first kappa shape index (κ1) is 12.7. The second kappa shape index (κ2) is 5.73. The fourth-order valence-electron chi connectivity index (χ4n) is 1.51. The van der Waals surface area contributed by atoms with Crippen LogP contribution < -0.4 is 5.32 Å². The summed E-state index contributed by atoms with van der Waals surface area (Å²) >= 11 is 3.37. The van der Waals surface area contributed by atoms with E-state index in [2.05, 4.69) is 31.2 Å². The van der Waals surface area contributed by atoms with Gasteiger partial charge in [0, 0.05) is 16.9 Å². The van der Waals surface area contributed by atoms with Crippen molar-refractivity contribution in [1.29, 1.82) is 0 Å². The highest BCUT2D eigenvalue weighted by molar-refractivity contribution is 9.10. The van der Waals surface area contributed by atoms with Crippen LogP contribution in [0.2, 0.25) is 0 Å². The van der Waals surface area contributed by atoms with E-state index in [1.165, 1.54) is 0 Å². The fourth-order valence-corrected chi connectivity index (χ4v) is 1.78. The van der Waals surface area contributed by atoms with Crippen LogP contribution in [0.25, 0.3) is 0 Å². The topological polar surface area (TPSA) is 54.9 Å². The quantitative estimate of drug-likeness (QED) is 0.948. The molecule has 0 aliphatic carbocycles. The van der Waals surface area contributed by atoms with Crippen molar-refractivity contribution < 1.29 is 4.79 Å². The average molecular weight is 306 g/mol. The molecule has 1 aromatic heterocycles. The molecule has 0 bridgehead atoms. The molecule has 18 heavy (non-hydrogen) atoms. The van der Waals surface area contributed by atoms with Gasteiger partial charge in [-0.15, -0.1) is 0 Å². The summed E-state index contributed by atoms with van der Waals surface area (Å²) in [6, 6.07) is 9.39. The van der Waals surface area contributed by atoms with Gasteiger partial charge in [-0.25, -0.2) is 9.97 Å². The van der Waals surface area contributed by atoms with Crippen LogP contribution in [0.4, 0.5) is 0 Å². The third kappa shape index (κ3) is 3.13. The molecule has 1 amide bonds. The first-order valence-electron chi connectivity index (χ1n) is 5.50.